The summed E-state index contributed by atoms with van der Waals surface area (Å²) in [4.78, 5) is 5.85. The Hall–Kier alpha value is -2.11. The molecule has 0 saturated carbocycles. The molecule has 0 fully saturated rings. The van der Waals surface area contributed by atoms with Crippen molar-refractivity contribution in [1.29, 1.82) is 5.41 Å². The smallest absolute Gasteiger partial charge is 0.158 e. The maximum atomic E-state index is 9.55. The van der Waals surface area contributed by atoms with Crippen LogP contribution in [0.1, 0.15) is 57.2 Å². The van der Waals surface area contributed by atoms with E-state index >= 15 is 0 Å². The van der Waals surface area contributed by atoms with Crippen molar-refractivity contribution in [3.05, 3.63) is 58.0 Å². The molecule has 1 heterocycles. The van der Waals surface area contributed by atoms with E-state index in [4.69, 9.17) is 10.2 Å². The first-order valence-corrected chi connectivity index (χ1v) is 9.37. The zero-order chi connectivity index (χ0) is 19.1. The van der Waals surface area contributed by atoms with Gasteiger partial charge in [-0.15, -0.1) is 5.48 Å². The van der Waals surface area contributed by atoms with Crippen LogP contribution in [0.15, 0.2) is 46.9 Å². The fourth-order valence-electron chi connectivity index (χ4n) is 3.43. The monoisotopic (exact) mass is 357 g/mol. The Labute approximate surface area is 156 Å². The third-order valence-electron chi connectivity index (χ3n) is 4.87. The highest BCUT2D eigenvalue weighted by Gasteiger charge is 2.30. The molecule has 2 atom stereocenters. The SMILES string of the molecule is CCCC(CO)N/C(C)=C(\C=N)C1=C(CC)C(c2ccccc2C)NO1. The van der Waals surface area contributed by atoms with E-state index in [1.165, 1.54) is 17.3 Å². The number of aliphatic hydroxyl groups is 1. The van der Waals surface area contributed by atoms with Crippen LogP contribution in [0.2, 0.25) is 0 Å². The van der Waals surface area contributed by atoms with Gasteiger partial charge in [0.25, 0.3) is 0 Å². The second-order valence-corrected chi connectivity index (χ2v) is 6.71. The van der Waals surface area contributed by atoms with Gasteiger partial charge in [0.1, 0.15) is 0 Å². The summed E-state index contributed by atoms with van der Waals surface area (Å²) in [6.07, 6.45) is 4.02. The van der Waals surface area contributed by atoms with Gasteiger partial charge in [0.15, 0.2) is 5.76 Å². The lowest BCUT2D eigenvalue weighted by Gasteiger charge is -2.19. The average Bonchev–Trinajstić information content (AvgIpc) is 3.05. The molecule has 0 bridgehead atoms. The second-order valence-electron chi connectivity index (χ2n) is 6.71. The van der Waals surface area contributed by atoms with Gasteiger partial charge in [0.05, 0.1) is 18.2 Å². The van der Waals surface area contributed by atoms with Gasteiger partial charge in [-0.05, 0) is 43.4 Å². The van der Waals surface area contributed by atoms with Crippen molar-refractivity contribution >= 4 is 6.21 Å². The minimum atomic E-state index is -0.0119. The van der Waals surface area contributed by atoms with Gasteiger partial charge in [-0.3, -0.25) is 0 Å². The van der Waals surface area contributed by atoms with E-state index in [1.807, 2.05) is 19.1 Å². The molecular formula is C21H31N3O2. The molecule has 5 heteroatoms. The van der Waals surface area contributed by atoms with Crippen molar-refractivity contribution in [1.82, 2.24) is 10.8 Å². The first-order chi connectivity index (χ1) is 12.6. The Morgan fingerprint density at radius 3 is 2.69 bits per heavy atom. The molecule has 1 aliphatic heterocycles. The summed E-state index contributed by atoms with van der Waals surface area (Å²) in [6.45, 7) is 8.30. The molecule has 0 saturated heterocycles. The molecule has 142 valence electrons. The quantitative estimate of drug-likeness (QED) is 0.505. The third kappa shape index (κ3) is 4.34. The van der Waals surface area contributed by atoms with E-state index in [2.05, 4.69) is 43.7 Å². The van der Waals surface area contributed by atoms with Crippen molar-refractivity contribution in [3.8, 4) is 0 Å². The summed E-state index contributed by atoms with van der Waals surface area (Å²) >= 11 is 0. The molecule has 2 rings (SSSR count). The second kappa shape index (κ2) is 9.55. The first-order valence-electron chi connectivity index (χ1n) is 9.37. The highest BCUT2D eigenvalue weighted by molar-refractivity contribution is 5.83. The lowest BCUT2D eigenvalue weighted by molar-refractivity contribution is 0.122. The number of allylic oxidation sites excluding steroid dienone is 2. The molecule has 4 N–H and O–H groups in total. The number of benzene rings is 1. The van der Waals surface area contributed by atoms with Gasteiger partial charge >= 0.3 is 0 Å². The molecule has 2 unspecified atom stereocenters. The van der Waals surface area contributed by atoms with Crippen LogP contribution in [0, 0.1) is 12.3 Å². The van der Waals surface area contributed by atoms with Crippen molar-refractivity contribution in [3.63, 3.8) is 0 Å². The van der Waals surface area contributed by atoms with Gasteiger partial charge in [0, 0.05) is 18.0 Å². The van der Waals surface area contributed by atoms with Gasteiger partial charge < -0.3 is 20.7 Å². The predicted molar refractivity (Wildman–Crippen MR) is 106 cm³/mol. The lowest BCUT2D eigenvalue weighted by Crippen LogP contribution is -2.32. The zero-order valence-electron chi connectivity index (χ0n) is 16.2. The van der Waals surface area contributed by atoms with Crippen LogP contribution in [-0.2, 0) is 4.84 Å². The maximum absolute atomic E-state index is 9.55. The molecule has 1 aromatic carbocycles. The van der Waals surface area contributed by atoms with Crippen LogP contribution in [-0.4, -0.2) is 24.0 Å². The van der Waals surface area contributed by atoms with Gasteiger partial charge in [-0.1, -0.05) is 44.5 Å². The van der Waals surface area contributed by atoms with E-state index in [0.717, 1.165) is 36.1 Å². The Kier molecular flexibility index (Phi) is 7.42. The molecular weight excluding hydrogens is 326 g/mol. The van der Waals surface area contributed by atoms with E-state index in [-0.39, 0.29) is 18.7 Å². The van der Waals surface area contributed by atoms with Crippen LogP contribution in [0.3, 0.4) is 0 Å². The van der Waals surface area contributed by atoms with Crippen LogP contribution in [0.4, 0.5) is 0 Å². The normalized spacial score (nSPS) is 19.0. The number of aliphatic hydroxyl groups excluding tert-OH is 1. The lowest BCUT2D eigenvalue weighted by atomic mass is 9.92. The fraction of sp³-hybridized carbons (Fsp3) is 0.476. The third-order valence-corrected chi connectivity index (χ3v) is 4.87. The molecule has 0 aromatic heterocycles. The Balaban J connectivity index is 2.39. The summed E-state index contributed by atoms with van der Waals surface area (Å²) in [7, 11) is 0. The Bertz CT molecular complexity index is 694. The molecule has 0 aliphatic carbocycles. The number of nitrogens with one attached hydrogen (secondary N) is 3. The molecule has 0 radical (unpaired) electrons. The maximum Gasteiger partial charge on any atom is 0.158 e. The van der Waals surface area contributed by atoms with Crippen molar-refractivity contribution in [2.75, 3.05) is 6.61 Å². The van der Waals surface area contributed by atoms with Crippen LogP contribution in [0.5, 0.6) is 0 Å². The van der Waals surface area contributed by atoms with Gasteiger partial charge in [0.2, 0.25) is 0 Å². The number of rotatable bonds is 9. The highest BCUT2D eigenvalue weighted by Crippen LogP contribution is 2.36. The zero-order valence-corrected chi connectivity index (χ0v) is 16.2. The Morgan fingerprint density at radius 2 is 2.12 bits per heavy atom. The summed E-state index contributed by atoms with van der Waals surface area (Å²) in [5.41, 5.74) is 8.24. The first kappa shape index (κ1) is 20.2. The molecule has 5 nitrogen and oxygen atoms in total. The summed E-state index contributed by atoms with van der Waals surface area (Å²) in [5.74, 6) is 0.717. The van der Waals surface area contributed by atoms with E-state index in [9.17, 15) is 5.11 Å². The van der Waals surface area contributed by atoms with Crippen LogP contribution >= 0.6 is 0 Å². The largest absolute Gasteiger partial charge is 0.407 e. The van der Waals surface area contributed by atoms with E-state index in [1.54, 1.807) is 0 Å². The summed E-state index contributed by atoms with van der Waals surface area (Å²) in [6, 6.07) is 8.25. The average molecular weight is 357 g/mol. The minimum Gasteiger partial charge on any atom is -0.407 e. The van der Waals surface area contributed by atoms with Gasteiger partial charge in [-0.2, -0.15) is 0 Å². The molecule has 0 amide bonds. The predicted octanol–water partition coefficient (Wildman–Crippen LogP) is 3.91. The molecule has 26 heavy (non-hydrogen) atoms. The number of hydrogen-bond acceptors (Lipinski definition) is 5. The molecule has 1 aliphatic rings. The van der Waals surface area contributed by atoms with E-state index < -0.39 is 0 Å². The van der Waals surface area contributed by atoms with Crippen molar-refractivity contribution in [2.24, 2.45) is 0 Å². The number of hydroxylamine groups is 1. The van der Waals surface area contributed by atoms with Crippen molar-refractivity contribution < 1.29 is 9.94 Å². The number of hydrogen-bond donors (Lipinski definition) is 4. The highest BCUT2D eigenvalue weighted by atomic mass is 16.7. The fourth-order valence-corrected chi connectivity index (χ4v) is 3.43. The molecule has 1 aromatic rings. The van der Waals surface area contributed by atoms with E-state index in [0.29, 0.717) is 5.76 Å². The Morgan fingerprint density at radius 1 is 1.38 bits per heavy atom. The topological polar surface area (TPSA) is 77.4 Å². The number of aryl methyl sites for hydroxylation is 1. The summed E-state index contributed by atoms with van der Waals surface area (Å²) in [5, 5.41) is 20.8. The minimum absolute atomic E-state index is 0.0109. The summed E-state index contributed by atoms with van der Waals surface area (Å²) < 4.78 is 0. The molecule has 0 spiro atoms. The standard InChI is InChI=1S/C21H31N3O2/c1-5-9-16(13-25)23-15(4)19(12-22)21-17(6-2)20(24-26-21)18-11-8-7-10-14(18)3/h7-8,10-12,16,20,22-25H,5-6,9,13H2,1-4H3/b19-15+,22-12?. The van der Waals surface area contributed by atoms with Crippen molar-refractivity contribution in [2.45, 2.75) is 59.0 Å². The van der Waals surface area contributed by atoms with Crippen LogP contribution in [0.25, 0.3) is 0 Å². The van der Waals surface area contributed by atoms with Crippen LogP contribution < -0.4 is 10.8 Å². The van der Waals surface area contributed by atoms with Gasteiger partial charge in [-0.25, -0.2) is 0 Å².